The van der Waals surface area contributed by atoms with Gasteiger partial charge in [-0.25, -0.2) is 4.79 Å². The van der Waals surface area contributed by atoms with Crippen molar-refractivity contribution in [1.29, 1.82) is 0 Å². The van der Waals surface area contributed by atoms with E-state index >= 15 is 0 Å². The number of carbonyl (C=O) groups is 1. The van der Waals surface area contributed by atoms with Crippen LogP contribution in [0, 0.1) is 0 Å². The quantitative estimate of drug-likeness (QED) is 0.456. The van der Waals surface area contributed by atoms with Gasteiger partial charge in [-0.1, -0.05) is 0 Å². The lowest BCUT2D eigenvalue weighted by atomic mass is 10.1. The highest BCUT2D eigenvalue weighted by atomic mass is 19.4. The van der Waals surface area contributed by atoms with Crippen LogP contribution in [0.1, 0.15) is 11.8 Å². The van der Waals surface area contributed by atoms with Gasteiger partial charge in [0, 0.05) is 13.2 Å². The molecule has 0 saturated carbocycles. The standard InChI is InChI=1S/C13H16F3N3O7/c1-18(11(24)13(14,15)16)2-5-3-19(12(25)17-9(5)23)10-8(22)7(21)6(4-20)26-10/h3,6-8,10,20-22H,2,4H2,1H3,(H,17,23,25)/t6-,7+,8?,10-/m1/s1. The van der Waals surface area contributed by atoms with Crippen molar-refractivity contribution in [2.75, 3.05) is 13.7 Å². The Labute approximate surface area is 143 Å². The third-order valence-electron chi connectivity index (χ3n) is 3.83. The average molecular weight is 383 g/mol. The fourth-order valence-corrected chi connectivity index (χ4v) is 2.48. The predicted octanol–water partition coefficient (Wildman–Crippen LogP) is -2.33. The first-order chi connectivity index (χ1) is 12.0. The normalized spacial score (nSPS) is 26.1. The van der Waals surface area contributed by atoms with Gasteiger partial charge in [0.15, 0.2) is 6.23 Å². The first kappa shape index (κ1) is 20.1. The van der Waals surface area contributed by atoms with Crippen molar-refractivity contribution < 1.29 is 38.0 Å². The fourth-order valence-electron chi connectivity index (χ4n) is 2.48. The van der Waals surface area contributed by atoms with Crippen LogP contribution < -0.4 is 11.2 Å². The molecule has 1 aromatic rings. The number of alkyl halides is 3. The zero-order chi connectivity index (χ0) is 19.8. The van der Waals surface area contributed by atoms with Gasteiger partial charge in [0.05, 0.1) is 18.7 Å². The van der Waals surface area contributed by atoms with Crippen molar-refractivity contribution >= 4 is 5.91 Å². The fraction of sp³-hybridized carbons (Fsp3) is 0.615. The summed E-state index contributed by atoms with van der Waals surface area (Å²) in [6.45, 7) is -1.44. The monoisotopic (exact) mass is 383 g/mol. The van der Waals surface area contributed by atoms with Crippen LogP contribution in [0.3, 0.4) is 0 Å². The summed E-state index contributed by atoms with van der Waals surface area (Å²) >= 11 is 0. The lowest BCUT2D eigenvalue weighted by Crippen LogP contribution is -2.42. The SMILES string of the molecule is CN(Cc1cn([C@@H]2O[C@H](CO)[C@H](O)C2O)c(=O)[nH]c1=O)C(=O)C(F)(F)F. The number of aliphatic hydroxyl groups is 3. The van der Waals surface area contributed by atoms with Crippen molar-refractivity contribution in [3.8, 4) is 0 Å². The van der Waals surface area contributed by atoms with Crippen molar-refractivity contribution in [3.63, 3.8) is 0 Å². The van der Waals surface area contributed by atoms with Gasteiger partial charge < -0.3 is 25.0 Å². The lowest BCUT2D eigenvalue weighted by Gasteiger charge is -2.21. The van der Waals surface area contributed by atoms with Gasteiger partial charge in [0.25, 0.3) is 5.56 Å². The zero-order valence-corrected chi connectivity index (χ0v) is 13.3. The van der Waals surface area contributed by atoms with E-state index in [1.807, 2.05) is 4.98 Å². The van der Waals surface area contributed by atoms with E-state index in [0.717, 1.165) is 13.2 Å². The molecule has 1 fully saturated rings. The summed E-state index contributed by atoms with van der Waals surface area (Å²) in [6, 6.07) is 0. The average Bonchev–Trinajstić information content (AvgIpc) is 2.83. The summed E-state index contributed by atoms with van der Waals surface area (Å²) in [5, 5.41) is 28.7. The maximum Gasteiger partial charge on any atom is 0.471 e. The minimum Gasteiger partial charge on any atom is -0.394 e. The maximum atomic E-state index is 12.4. The van der Waals surface area contributed by atoms with Gasteiger partial charge >= 0.3 is 17.8 Å². The van der Waals surface area contributed by atoms with E-state index < -0.39 is 61.0 Å². The second-order valence-electron chi connectivity index (χ2n) is 5.71. The molecule has 1 amide bonds. The summed E-state index contributed by atoms with van der Waals surface area (Å²) in [7, 11) is 0.817. The number of hydrogen-bond donors (Lipinski definition) is 4. The molecule has 2 rings (SSSR count). The van der Waals surface area contributed by atoms with Gasteiger partial charge in [-0.05, 0) is 0 Å². The molecule has 0 bridgehead atoms. The second kappa shape index (κ2) is 7.19. The number of amides is 1. The zero-order valence-electron chi connectivity index (χ0n) is 13.3. The Hall–Kier alpha value is -2.22. The molecular formula is C13H16F3N3O7. The van der Waals surface area contributed by atoms with E-state index in [4.69, 9.17) is 9.84 Å². The molecule has 1 aliphatic heterocycles. The number of ether oxygens (including phenoxy) is 1. The maximum absolute atomic E-state index is 12.4. The second-order valence-corrected chi connectivity index (χ2v) is 5.71. The van der Waals surface area contributed by atoms with Gasteiger partial charge in [-0.3, -0.25) is 19.1 Å². The smallest absolute Gasteiger partial charge is 0.394 e. The predicted molar refractivity (Wildman–Crippen MR) is 76.9 cm³/mol. The van der Waals surface area contributed by atoms with Crippen LogP contribution in [-0.4, -0.2) is 73.8 Å². The van der Waals surface area contributed by atoms with Gasteiger partial charge in [-0.15, -0.1) is 0 Å². The van der Waals surface area contributed by atoms with E-state index in [-0.39, 0.29) is 10.5 Å². The number of H-pyrrole nitrogens is 1. The highest BCUT2D eigenvalue weighted by Crippen LogP contribution is 2.28. The number of nitrogens with zero attached hydrogens (tertiary/aromatic N) is 2. The number of hydrogen-bond acceptors (Lipinski definition) is 7. The number of aromatic nitrogens is 2. The van der Waals surface area contributed by atoms with Crippen LogP contribution in [0.4, 0.5) is 13.2 Å². The van der Waals surface area contributed by atoms with Gasteiger partial charge in [0.2, 0.25) is 0 Å². The molecule has 146 valence electrons. The Morgan fingerprint density at radius 3 is 2.46 bits per heavy atom. The molecule has 26 heavy (non-hydrogen) atoms. The summed E-state index contributed by atoms with van der Waals surface area (Å²) in [5.41, 5.74) is -2.47. The molecule has 0 aliphatic carbocycles. The van der Waals surface area contributed by atoms with Crippen LogP contribution in [0.15, 0.2) is 15.8 Å². The molecule has 4 N–H and O–H groups in total. The molecule has 0 aromatic carbocycles. The third kappa shape index (κ3) is 3.80. The van der Waals surface area contributed by atoms with Crippen LogP contribution in [0.25, 0.3) is 0 Å². The Morgan fingerprint density at radius 1 is 1.35 bits per heavy atom. The van der Waals surface area contributed by atoms with E-state index in [0.29, 0.717) is 4.57 Å². The van der Waals surface area contributed by atoms with E-state index in [2.05, 4.69) is 0 Å². The Bertz CT molecular complexity index is 790. The molecule has 0 radical (unpaired) electrons. The molecule has 2 heterocycles. The van der Waals surface area contributed by atoms with Crippen molar-refractivity contribution in [1.82, 2.24) is 14.5 Å². The van der Waals surface area contributed by atoms with Crippen molar-refractivity contribution in [2.24, 2.45) is 0 Å². The topological polar surface area (TPSA) is 145 Å². The van der Waals surface area contributed by atoms with Crippen molar-refractivity contribution in [2.45, 2.75) is 37.3 Å². The number of rotatable bonds is 4. The summed E-state index contributed by atoms with van der Waals surface area (Å²) in [5.74, 6) is -2.19. The molecule has 4 atom stereocenters. The first-order valence-electron chi connectivity index (χ1n) is 7.26. The van der Waals surface area contributed by atoms with Crippen LogP contribution in [-0.2, 0) is 16.1 Å². The third-order valence-corrected chi connectivity index (χ3v) is 3.83. The molecule has 1 unspecified atom stereocenters. The Balaban J connectivity index is 2.34. The number of aliphatic hydroxyl groups excluding tert-OH is 3. The number of carbonyl (C=O) groups excluding carboxylic acids is 1. The van der Waals surface area contributed by atoms with Gasteiger partial charge in [-0.2, -0.15) is 13.2 Å². The molecule has 1 aliphatic rings. The van der Waals surface area contributed by atoms with E-state index in [1.165, 1.54) is 0 Å². The summed E-state index contributed by atoms with van der Waals surface area (Å²) < 4.78 is 43.1. The molecule has 1 aromatic heterocycles. The first-order valence-corrected chi connectivity index (χ1v) is 7.26. The number of aromatic amines is 1. The molecule has 10 nitrogen and oxygen atoms in total. The summed E-state index contributed by atoms with van der Waals surface area (Å²) in [6.07, 6.45) is -10.2. The summed E-state index contributed by atoms with van der Waals surface area (Å²) in [4.78, 5) is 36.9. The Kier molecular flexibility index (Phi) is 5.55. The Morgan fingerprint density at radius 2 is 1.96 bits per heavy atom. The molecule has 0 spiro atoms. The highest BCUT2D eigenvalue weighted by Gasteiger charge is 2.44. The number of nitrogens with one attached hydrogen (secondary N) is 1. The largest absolute Gasteiger partial charge is 0.471 e. The number of halogens is 3. The van der Waals surface area contributed by atoms with Crippen LogP contribution in [0.5, 0.6) is 0 Å². The van der Waals surface area contributed by atoms with E-state index in [9.17, 15) is 37.8 Å². The lowest BCUT2D eigenvalue weighted by molar-refractivity contribution is -0.184. The highest BCUT2D eigenvalue weighted by molar-refractivity contribution is 5.81. The van der Waals surface area contributed by atoms with Gasteiger partial charge in [0.1, 0.15) is 18.3 Å². The van der Waals surface area contributed by atoms with Crippen LogP contribution in [0.2, 0.25) is 0 Å². The molecular weight excluding hydrogens is 367 g/mol. The minimum atomic E-state index is -5.14. The molecule has 1 saturated heterocycles. The van der Waals surface area contributed by atoms with E-state index in [1.54, 1.807) is 0 Å². The van der Waals surface area contributed by atoms with Crippen molar-refractivity contribution in [3.05, 3.63) is 32.6 Å². The van der Waals surface area contributed by atoms with Crippen LogP contribution >= 0.6 is 0 Å². The molecule has 13 heteroatoms. The minimum absolute atomic E-state index is 0.233.